The number of aryl methyl sites for hydroxylation is 3. The van der Waals surface area contributed by atoms with E-state index < -0.39 is 0 Å². The molecule has 0 atom stereocenters. The minimum absolute atomic E-state index is 0.0150. The molecule has 0 saturated carbocycles. The van der Waals surface area contributed by atoms with Crippen molar-refractivity contribution in [1.29, 1.82) is 0 Å². The van der Waals surface area contributed by atoms with E-state index in [1.54, 1.807) is 20.7 Å². The minimum atomic E-state index is -0.0555. The number of amides is 2. The summed E-state index contributed by atoms with van der Waals surface area (Å²) in [6.45, 7) is 5.99. The molecule has 2 aromatic heterocycles. The van der Waals surface area contributed by atoms with Crippen LogP contribution in [0.2, 0.25) is 0 Å². The molecule has 0 spiro atoms. The second-order valence-electron chi connectivity index (χ2n) is 7.25. The highest BCUT2D eigenvalue weighted by Gasteiger charge is 2.26. The number of rotatable bonds is 2. The van der Waals surface area contributed by atoms with Crippen molar-refractivity contribution < 1.29 is 9.59 Å². The maximum atomic E-state index is 12.9. The molecule has 0 N–H and O–H groups in total. The van der Waals surface area contributed by atoms with Gasteiger partial charge in [0.25, 0.3) is 11.8 Å². The maximum absolute atomic E-state index is 12.9. The van der Waals surface area contributed by atoms with Crippen LogP contribution in [0, 0.1) is 13.8 Å². The molecule has 1 aromatic carbocycles. The molecule has 4 rings (SSSR count). The molecule has 144 valence electrons. The zero-order valence-electron chi connectivity index (χ0n) is 16.3. The molecule has 2 amide bonds. The van der Waals surface area contributed by atoms with Crippen LogP contribution >= 0.6 is 0 Å². The topological polar surface area (TPSA) is 71.3 Å². The zero-order valence-corrected chi connectivity index (χ0v) is 16.3. The van der Waals surface area contributed by atoms with Crippen molar-refractivity contribution in [3.63, 3.8) is 0 Å². The summed E-state index contributed by atoms with van der Waals surface area (Å²) in [4.78, 5) is 33.5. The number of hydrogen-bond acceptors (Lipinski definition) is 4. The SMILES string of the molecule is Cc1ccc(C(=O)N2CCN(C(=O)c3cnc4c(c3)c(C)nn4C)CC2)cc1. The van der Waals surface area contributed by atoms with E-state index in [0.29, 0.717) is 37.3 Å². The Labute approximate surface area is 163 Å². The molecule has 0 aliphatic carbocycles. The van der Waals surface area contributed by atoms with Crippen LogP contribution in [0.1, 0.15) is 32.0 Å². The standard InChI is InChI=1S/C21H23N5O2/c1-14-4-6-16(7-5-14)20(27)25-8-10-26(11-9-25)21(28)17-12-18-15(2)23-24(3)19(18)22-13-17/h4-7,12-13H,8-11H2,1-3H3. The van der Waals surface area contributed by atoms with Crippen molar-refractivity contribution in [2.75, 3.05) is 26.2 Å². The highest BCUT2D eigenvalue weighted by molar-refractivity contribution is 5.98. The number of aromatic nitrogens is 3. The molecule has 0 unspecified atom stereocenters. The predicted octanol–water partition coefficient (Wildman–Crippen LogP) is 2.18. The van der Waals surface area contributed by atoms with Crippen LogP contribution in [0.3, 0.4) is 0 Å². The van der Waals surface area contributed by atoms with Gasteiger partial charge in [-0.15, -0.1) is 0 Å². The van der Waals surface area contributed by atoms with E-state index in [1.807, 2.05) is 51.2 Å². The van der Waals surface area contributed by atoms with Crippen LogP contribution < -0.4 is 0 Å². The van der Waals surface area contributed by atoms with Crippen LogP contribution in [0.25, 0.3) is 11.0 Å². The number of hydrogen-bond donors (Lipinski definition) is 0. The third-order valence-corrected chi connectivity index (χ3v) is 5.26. The minimum Gasteiger partial charge on any atom is -0.335 e. The van der Waals surface area contributed by atoms with Gasteiger partial charge < -0.3 is 9.80 Å². The highest BCUT2D eigenvalue weighted by Crippen LogP contribution is 2.18. The lowest BCUT2D eigenvalue weighted by atomic mass is 10.1. The Morgan fingerprint density at radius 3 is 2.07 bits per heavy atom. The second kappa shape index (κ2) is 7.07. The summed E-state index contributed by atoms with van der Waals surface area (Å²) in [6.07, 6.45) is 1.61. The molecule has 1 fully saturated rings. The Kier molecular flexibility index (Phi) is 4.58. The van der Waals surface area contributed by atoms with Gasteiger partial charge in [-0.25, -0.2) is 4.98 Å². The summed E-state index contributed by atoms with van der Waals surface area (Å²) in [5, 5.41) is 5.24. The number of pyridine rings is 1. The summed E-state index contributed by atoms with van der Waals surface area (Å²) in [5.41, 5.74) is 3.99. The number of carbonyl (C=O) groups is 2. The average Bonchev–Trinajstić information content (AvgIpc) is 3.01. The van der Waals surface area contributed by atoms with Gasteiger partial charge in [0.15, 0.2) is 5.65 Å². The average molecular weight is 377 g/mol. The Hall–Kier alpha value is -3.22. The fourth-order valence-electron chi connectivity index (χ4n) is 3.60. The van der Waals surface area contributed by atoms with E-state index in [4.69, 9.17) is 0 Å². The van der Waals surface area contributed by atoms with E-state index >= 15 is 0 Å². The molecular formula is C21H23N5O2. The first kappa shape index (κ1) is 18.2. The van der Waals surface area contributed by atoms with Crippen molar-refractivity contribution in [3.8, 4) is 0 Å². The van der Waals surface area contributed by atoms with Gasteiger partial charge in [-0.05, 0) is 32.0 Å². The molecule has 0 bridgehead atoms. The fraction of sp³-hybridized carbons (Fsp3) is 0.333. The number of carbonyl (C=O) groups excluding carboxylic acids is 2. The summed E-state index contributed by atoms with van der Waals surface area (Å²) in [5.74, 6) is -0.0405. The molecule has 1 saturated heterocycles. The van der Waals surface area contributed by atoms with Crippen molar-refractivity contribution in [1.82, 2.24) is 24.6 Å². The van der Waals surface area contributed by atoms with Gasteiger partial charge in [0.2, 0.25) is 0 Å². The van der Waals surface area contributed by atoms with E-state index in [-0.39, 0.29) is 11.8 Å². The van der Waals surface area contributed by atoms with Crippen molar-refractivity contribution in [2.45, 2.75) is 13.8 Å². The highest BCUT2D eigenvalue weighted by atomic mass is 16.2. The third-order valence-electron chi connectivity index (χ3n) is 5.26. The largest absolute Gasteiger partial charge is 0.335 e. The molecule has 1 aliphatic rings. The maximum Gasteiger partial charge on any atom is 0.255 e. The van der Waals surface area contributed by atoms with Crippen LogP contribution in [-0.4, -0.2) is 62.6 Å². The van der Waals surface area contributed by atoms with Gasteiger partial charge in [-0.3, -0.25) is 14.3 Å². The second-order valence-corrected chi connectivity index (χ2v) is 7.25. The number of piperazine rings is 1. The van der Waals surface area contributed by atoms with Gasteiger partial charge in [-0.1, -0.05) is 17.7 Å². The number of fused-ring (bicyclic) bond motifs is 1. The van der Waals surface area contributed by atoms with Crippen molar-refractivity contribution in [3.05, 3.63) is 58.9 Å². The number of benzene rings is 1. The van der Waals surface area contributed by atoms with Gasteiger partial charge in [-0.2, -0.15) is 5.10 Å². The molecule has 3 aromatic rings. The van der Waals surface area contributed by atoms with E-state index in [0.717, 1.165) is 22.3 Å². The van der Waals surface area contributed by atoms with Crippen molar-refractivity contribution in [2.24, 2.45) is 7.05 Å². The fourth-order valence-corrected chi connectivity index (χ4v) is 3.60. The molecule has 0 radical (unpaired) electrons. The first-order chi connectivity index (χ1) is 13.4. The predicted molar refractivity (Wildman–Crippen MR) is 106 cm³/mol. The lowest BCUT2D eigenvalue weighted by molar-refractivity contribution is 0.0535. The van der Waals surface area contributed by atoms with Crippen LogP contribution in [0.4, 0.5) is 0 Å². The normalized spacial score (nSPS) is 14.5. The quantitative estimate of drug-likeness (QED) is 0.686. The molecule has 1 aliphatic heterocycles. The molecule has 28 heavy (non-hydrogen) atoms. The summed E-state index contributed by atoms with van der Waals surface area (Å²) >= 11 is 0. The molecular weight excluding hydrogens is 354 g/mol. The van der Waals surface area contributed by atoms with Crippen molar-refractivity contribution >= 4 is 22.8 Å². The summed E-state index contributed by atoms with van der Waals surface area (Å²) < 4.78 is 1.72. The van der Waals surface area contributed by atoms with Gasteiger partial charge in [0, 0.05) is 50.4 Å². The Morgan fingerprint density at radius 1 is 0.893 bits per heavy atom. The van der Waals surface area contributed by atoms with E-state index in [1.165, 1.54) is 0 Å². The Balaban J connectivity index is 1.44. The first-order valence-corrected chi connectivity index (χ1v) is 9.38. The summed E-state index contributed by atoms with van der Waals surface area (Å²) in [7, 11) is 1.84. The third kappa shape index (κ3) is 3.24. The van der Waals surface area contributed by atoms with Gasteiger partial charge in [0.05, 0.1) is 11.3 Å². The summed E-state index contributed by atoms with van der Waals surface area (Å²) in [6, 6.07) is 9.45. The molecule has 7 heteroatoms. The Morgan fingerprint density at radius 2 is 1.46 bits per heavy atom. The lowest BCUT2D eigenvalue weighted by Gasteiger charge is -2.34. The number of nitrogens with zero attached hydrogens (tertiary/aromatic N) is 5. The van der Waals surface area contributed by atoms with E-state index in [2.05, 4.69) is 10.1 Å². The van der Waals surface area contributed by atoms with E-state index in [9.17, 15) is 9.59 Å². The Bertz CT molecular complexity index is 1050. The van der Waals surface area contributed by atoms with Gasteiger partial charge >= 0.3 is 0 Å². The van der Waals surface area contributed by atoms with Crippen LogP contribution in [-0.2, 0) is 7.05 Å². The molecule has 7 nitrogen and oxygen atoms in total. The lowest BCUT2D eigenvalue weighted by Crippen LogP contribution is -2.50. The monoisotopic (exact) mass is 377 g/mol. The van der Waals surface area contributed by atoms with Crippen LogP contribution in [0.15, 0.2) is 36.5 Å². The first-order valence-electron chi connectivity index (χ1n) is 9.38. The van der Waals surface area contributed by atoms with Crippen LogP contribution in [0.5, 0.6) is 0 Å². The smallest absolute Gasteiger partial charge is 0.255 e. The van der Waals surface area contributed by atoms with Gasteiger partial charge in [0.1, 0.15) is 0 Å². The molecule has 3 heterocycles. The zero-order chi connectivity index (χ0) is 19.8.